The summed E-state index contributed by atoms with van der Waals surface area (Å²) in [6, 6.07) is 0.0145. The SMILES string of the molecule is CCCCC/C=C/C/C=C/CCCCCCCCC1(CCCCCCCC/C=C/C/C=C/CCCCC)CCC2(CC1)O[C@H]1C[C@@H](N(C)CCOP(=O)(O)OC)[C@@H](N(C)CCOP(=O)(O)OC)C[C@@H]1O2. The molecule has 3 rings (SSSR count). The molecule has 1 heterocycles. The zero-order valence-corrected chi connectivity index (χ0v) is 47.1. The fourth-order valence-electron chi connectivity index (χ4n) is 10.9. The maximum absolute atomic E-state index is 12.1. The van der Waals surface area contributed by atoms with Crippen LogP contribution in [0.15, 0.2) is 48.6 Å². The molecule has 0 aromatic heterocycles. The molecule has 408 valence electrons. The number of phosphoric acid groups is 2. The molecular weight excluding hydrogens is 923 g/mol. The van der Waals surface area contributed by atoms with Crippen LogP contribution in [0.2, 0.25) is 0 Å². The van der Waals surface area contributed by atoms with Gasteiger partial charge in [0.2, 0.25) is 0 Å². The average molecular weight is 1030 g/mol. The summed E-state index contributed by atoms with van der Waals surface area (Å²) >= 11 is 0. The van der Waals surface area contributed by atoms with Crippen LogP contribution in [-0.4, -0.2) is 104 Å². The van der Waals surface area contributed by atoms with Crippen LogP contribution in [-0.2, 0) is 36.7 Å². The van der Waals surface area contributed by atoms with Crippen molar-refractivity contribution in [1.82, 2.24) is 9.80 Å². The van der Waals surface area contributed by atoms with E-state index >= 15 is 0 Å². The molecule has 2 unspecified atom stereocenters. The summed E-state index contributed by atoms with van der Waals surface area (Å²) in [6.45, 7) is 5.38. The van der Waals surface area contributed by atoms with E-state index in [4.69, 9.17) is 18.5 Å². The van der Waals surface area contributed by atoms with Crippen LogP contribution < -0.4 is 0 Å². The standard InChI is InChI=1S/C56H104N2O10P2/c1-7-9-11-13-15-17-19-21-23-25-27-29-31-33-35-37-39-55(40-38-36-34-32-30-28-26-24-22-20-18-16-14-12-10-8-2)41-43-56(44-42-55)67-53-49-51(57(3)45-47-65-69(59,60)63-5)52(50-54(53)68-56)58(4)46-48-66-70(61,62)64-6/h15-18,21-24,51-54H,7-14,19-20,25-50H2,1-6H3,(H,59,60)(H,61,62)/b17-15+,18-16+,23-21+,24-22+/t51-,52+,53-,54-/m0/s1. The van der Waals surface area contributed by atoms with Crippen LogP contribution in [0.1, 0.15) is 219 Å². The quantitative estimate of drug-likeness (QED) is 0.0342. The summed E-state index contributed by atoms with van der Waals surface area (Å²) < 4.78 is 57.9. The fourth-order valence-corrected chi connectivity index (χ4v) is 11.7. The Kier molecular flexibility index (Phi) is 33.4. The normalized spacial score (nSPS) is 23.2. The minimum absolute atomic E-state index is 0.00727. The molecule has 0 aromatic rings. The van der Waals surface area contributed by atoms with Gasteiger partial charge in [0.1, 0.15) is 0 Å². The molecule has 2 saturated carbocycles. The Morgan fingerprint density at radius 1 is 0.514 bits per heavy atom. The van der Waals surface area contributed by atoms with Gasteiger partial charge in [-0.25, -0.2) is 9.13 Å². The second-order valence-electron chi connectivity index (χ2n) is 20.9. The van der Waals surface area contributed by atoms with Crippen LogP contribution in [0.4, 0.5) is 0 Å². The Morgan fingerprint density at radius 2 is 0.857 bits per heavy atom. The highest BCUT2D eigenvalue weighted by Crippen LogP contribution is 2.54. The Labute approximate surface area is 428 Å². The van der Waals surface area contributed by atoms with E-state index in [1.807, 2.05) is 14.1 Å². The first-order chi connectivity index (χ1) is 33.8. The van der Waals surface area contributed by atoms with Gasteiger partial charge in [-0.2, -0.15) is 0 Å². The van der Waals surface area contributed by atoms with Crippen LogP contribution in [0.5, 0.6) is 0 Å². The van der Waals surface area contributed by atoms with Crippen molar-refractivity contribution in [2.75, 3.05) is 54.6 Å². The Bertz CT molecular complexity index is 1450. The van der Waals surface area contributed by atoms with E-state index in [9.17, 15) is 18.9 Å². The molecule has 70 heavy (non-hydrogen) atoms. The van der Waals surface area contributed by atoms with Gasteiger partial charge in [0, 0.05) is 52.2 Å². The summed E-state index contributed by atoms with van der Waals surface area (Å²) in [7, 11) is -1.90. The second-order valence-corrected chi connectivity index (χ2v) is 24.0. The molecule has 6 atom stereocenters. The highest BCUT2D eigenvalue weighted by Gasteiger charge is 2.55. The molecule has 0 amide bonds. The molecule has 1 saturated heterocycles. The lowest BCUT2D eigenvalue weighted by atomic mass is 9.66. The minimum Gasteiger partial charge on any atom is -0.344 e. The highest BCUT2D eigenvalue weighted by molar-refractivity contribution is 7.47. The van der Waals surface area contributed by atoms with E-state index in [1.165, 1.54) is 154 Å². The third kappa shape index (κ3) is 26.5. The number of phosphoric ester groups is 2. The number of hydrogen-bond donors (Lipinski definition) is 2. The van der Waals surface area contributed by atoms with E-state index in [1.54, 1.807) is 0 Å². The third-order valence-corrected chi connectivity index (χ3v) is 17.4. The monoisotopic (exact) mass is 1030 g/mol. The van der Waals surface area contributed by atoms with E-state index in [-0.39, 0.29) is 37.5 Å². The average Bonchev–Trinajstić information content (AvgIpc) is 3.71. The molecule has 2 N–H and O–H groups in total. The van der Waals surface area contributed by atoms with Gasteiger partial charge < -0.3 is 19.3 Å². The van der Waals surface area contributed by atoms with Gasteiger partial charge in [0.25, 0.3) is 0 Å². The van der Waals surface area contributed by atoms with Crippen molar-refractivity contribution >= 4 is 15.6 Å². The van der Waals surface area contributed by atoms with E-state index in [2.05, 4.69) is 81.3 Å². The zero-order chi connectivity index (χ0) is 50.8. The van der Waals surface area contributed by atoms with Gasteiger partial charge in [-0.3, -0.25) is 27.9 Å². The number of nitrogens with zero attached hydrogens (tertiary/aromatic N) is 2. The first-order valence-electron chi connectivity index (χ1n) is 28.2. The summed E-state index contributed by atoms with van der Waals surface area (Å²) in [5.41, 5.74) is 0.338. The van der Waals surface area contributed by atoms with Crippen molar-refractivity contribution in [3.8, 4) is 0 Å². The zero-order valence-electron chi connectivity index (χ0n) is 45.3. The molecule has 3 aliphatic rings. The third-order valence-electron chi connectivity index (χ3n) is 15.4. The van der Waals surface area contributed by atoms with E-state index in [0.29, 0.717) is 18.5 Å². The number of unbranched alkanes of at least 4 members (excludes halogenated alkanes) is 18. The topological polar surface area (TPSA) is 136 Å². The van der Waals surface area contributed by atoms with E-state index in [0.717, 1.165) is 65.6 Å². The maximum atomic E-state index is 12.1. The smallest absolute Gasteiger partial charge is 0.344 e. The molecule has 0 bridgehead atoms. The van der Waals surface area contributed by atoms with Gasteiger partial charge in [-0.1, -0.05) is 152 Å². The predicted octanol–water partition coefficient (Wildman–Crippen LogP) is 15.4. The number of likely N-dealkylation sites (N-methyl/N-ethyl adjacent to an activating group) is 2. The van der Waals surface area contributed by atoms with Gasteiger partial charge in [-0.15, -0.1) is 0 Å². The maximum Gasteiger partial charge on any atom is 0.471 e. The molecule has 1 spiro atoms. The van der Waals surface area contributed by atoms with Gasteiger partial charge >= 0.3 is 15.6 Å². The summed E-state index contributed by atoms with van der Waals surface area (Å²) in [4.78, 5) is 24.0. The van der Waals surface area contributed by atoms with Crippen LogP contribution >= 0.6 is 15.6 Å². The molecule has 12 nitrogen and oxygen atoms in total. The lowest BCUT2D eigenvalue weighted by molar-refractivity contribution is -0.208. The van der Waals surface area contributed by atoms with Crippen LogP contribution in [0, 0.1) is 5.41 Å². The molecule has 14 heteroatoms. The van der Waals surface area contributed by atoms with Crippen molar-refractivity contribution in [2.24, 2.45) is 5.41 Å². The van der Waals surface area contributed by atoms with Crippen molar-refractivity contribution in [3.05, 3.63) is 48.6 Å². The highest BCUT2D eigenvalue weighted by atomic mass is 31.2. The van der Waals surface area contributed by atoms with Crippen molar-refractivity contribution in [3.63, 3.8) is 0 Å². The number of allylic oxidation sites excluding steroid dienone is 8. The number of rotatable bonds is 42. The number of hydrogen-bond acceptors (Lipinski definition) is 10. The first kappa shape index (κ1) is 63.3. The summed E-state index contributed by atoms with van der Waals surface area (Å²) in [5.74, 6) is -0.579. The lowest BCUT2D eigenvalue weighted by Crippen LogP contribution is -2.57. The summed E-state index contributed by atoms with van der Waals surface area (Å²) in [6.07, 6.45) is 57.3. The van der Waals surface area contributed by atoms with Gasteiger partial charge in [-0.05, 0) is 122 Å². The summed E-state index contributed by atoms with van der Waals surface area (Å²) in [5, 5.41) is 0. The number of fused-ring (bicyclic) bond motifs is 1. The van der Waals surface area contributed by atoms with Gasteiger partial charge in [0.15, 0.2) is 5.79 Å². The Balaban J connectivity index is 1.54. The predicted molar refractivity (Wildman–Crippen MR) is 289 cm³/mol. The van der Waals surface area contributed by atoms with Crippen molar-refractivity contribution in [1.29, 1.82) is 0 Å². The fraction of sp³-hybridized carbons (Fsp3) is 0.857. The largest absolute Gasteiger partial charge is 0.471 e. The Hall–Kier alpha value is -0.980. The molecule has 0 radical (unpaired) electrons. The molecule has 0 aromatic carbocycles. The molecule has 1 aliphatic heterocycles. The molecule has 2 aliphatic carbocycles. The molecular formula is C56H104N2O10P2. The van der Waals surface area contributed by atoms with Crippen LogP contribution in [0.25, 0.3) is 0 Å². The lowest BCUT2D eigenvalue weighted by Gasteiger charge is -2.45. The van der Waals surface area contributed by atoms with Crippen molar-refractivity contribution in [2.45, 2.75) is 249 Å². The minimum atomic E-state index is -4.10. The van der Waals surface area contributed by atoms with E-state index < -0.39 is 21.4 Å². The molecule has 3 fully saturated rings. The Morgan fingerprint density at radius 3 is 1.21 bits per heavy atom. The number of ether oxygens (including phenoxy) is 2. The second kappa shape index (κ2) is 36.9. The van der Waals surface area contributed by atoms with Crippen molar-refractivity contribution < 1.29 is 46.5 Å². The first-order valence-corrected chi connectivity index (χ1v) is 31.2. The van der Waals surface area contributed by atoms with Gasteiger partial charge in [0.05, 0.1) is 25.4 Å². The van der Waals surface area contributed by atoms with Crippen LogP contribution in [0.3, 0.4) is 0 Å².